The Hall–Kier alpha value is -3.26. The number of halogens is 1. The zero-order valence-corrected chi connectivity index (χ0v) is 21.3. The third kappa shape index (κ3) is 5.54. The second-order valence-electron chi connectivity index (χ2n) is 9.25. The normalized spacial score (nSPS) is 16.4. The van der Waals surface area contributed by atoms with Gasteiger partial charge in [0.1, 0.15) is 11.3 Å². The van der Waals surface area contributed by atoms with Gasteiger partial charge in [0.2, 0.25) is 0 Å². The number of carbonyl (C=O) groups excluding carboxylic acids is 1. The molecule has 13 heteroatoms. The van der Waals surface area contributed by atoms with Crippen LogP contribution in [-0.2, 0) is 32.5 Å². The molecule has 0 spiro atoms. The topological polar surface area (TPSA) is 144 Å². The lowest BCUT2D eigenvalue weighted by molar-refractivity contribution is -0.131. The summed E-state index contributed by atoms with van der Waals surface area (Å²) in [5.41, 5.74) is 2.81. The molecule has 4 rings (SSSR count). The largest absolute Gasteiger partial charge is 0.379 e. The van der Waals surface area contributed by atoms with Crippen molar-refractivity contribution in [2.24, 2.45) is 0 Å². The van der Waals surface area contributed by atoms with Crippen molar-refractivity contribution in [1.82, 2.24) is 25.4 Å². The van der Waals surface area contributed by atoms with Gasteiger partial charge in [0.25, 0.3) is 11.5 Å². The van der Waals surface area contributed by atoms with Gasteiger partial charge in [0.15, 0.2) is 14.6 Å². The fourth-order valence-electron chi connectivity index (χ4n) is 4.18. The maximum absolute atomic E-state index is 15.1. The summed E-state index contributed by atoms with van der Waals surface area (Å²) >= 11 is 0. The van der Waals surface area contributed by atoms with Crippen LogP contribution < -0.4 is 11.0 Å². The van der Waals surface area contributed by atoms with Gasteiger partial charge in [-0.1, -0.05) is 29.5 Å². The van der Waals surface area contributed by atoms with E-state index in [2.05, 4.69) is 15.2 Å². The number of sulfone groups is 1. The number of carbonyl (C=O) groups is 1. The van der Waals surface area contributed by atoms with Crippen molar-refractivity contribution in [3.05, 3.63) is 58.1 Å². The number of fused-ring (bicyclic) bond motifs is 1. The molecule has 11 nitrogen and oxygen atoms in total. The summed E-state index contributed by atoms with van der Waals surface area (Å²) in [5.74, 6) is -1.76. The van der Waals surface area contributed by atoms with Crippen molar-refractivity contribution in [2.45, 2.75) is 31.2 Å². The SMILES string of the molecule is CC(CCn1nnc2cc(-c3ccc(CN4CCOCC4)cc3)c(F)cc2c1=O)(C(=O)NO)S(C)(=O)=O. The molecule has 1 saturated heterocycles. The molecule has 0 radical (unpaired) electrons. The van der Waals surface area contributed by atoms with Crippen LogP contribution in [0.3, 0.4) is 0 Å². The van der Waals surface area contributed by atoms with Crippen LogP contribution in [0.1, 0.15) is 18.9 Å². The Morgan fingerprint density at radius 3 is 2.51 bits per heavy atom. The lowest BCUT2D eigenvalue weighted by atomic mass is 10.0. The maximum Gasteiger partial charge on any atom is 0.277 e. The predicted octanol–water partition coefficient (Wildman–Crippen LogP) is 1.13. The fraction of sp³-hybridized carbons (Fsp3) is 0.417. The van der Waals surface area contributed by atoms with Gasteiger partial charge in [0.05, 0.1) is 18.6 Å². The molecule has 1 unspecified atom stereocenters. The zero-order valence-electron chi connectivity index (χ0n) is 20.5. The molecule has 1 aliphatic rings. The van der Waals surface area contributed by atoms with E-state index in [1.54, 1.807) is 0 Å². The van der Waals surface area contributed by atoms with Gasteiger partial charge >= 0.3 is 0 Å². The van der Waals surface area contributed by atoms with E-state index in [1.807, 2.05) is 24.3 Å². The highest BCUT2D eigenvalue weighted by Gasteiger charge is 2.43. The Labute approximate surface area is 212 Å². The summed E-state index contributed by atoms with van der Waals surface area (Å²) in [6.07, 6.45) is 0.485. The number of hydrogen-bond donors (Lipinski definition) is 2. The minimum absolute atomic E-state index is 0.0344. The number of benzene rings is 2. The van der Waals surface area contributed by atoms with E-state index < -0.39 is 31.9 Å². The van der Waals surface area contributed by atoms with Gasteiger partial charge in [-0.3, -0.25) is 19.7 Å². The number of nitrogens with one attached hydrogen (secondary N) is 1. The van der Waals surface area contributed by atoms with Crippen molar-refractivity contribution in [2.75, 3.05) is 32.6 Å². The number of morpholine rings is 1. The Balaban J connectivity index is 1.58. The zero-order chi connectivity index (χ0) is 26.8. The van der Waals surface area contributed by atoms with Gasteiger partial charge in [-0.25, -0.2) is 23.0 Å². The minimum atomic E-state index is -3.96. The first-order valence-electron chi connectivity index (χ1n) is 11.6. The van der Waals surface area contributed by atoms with E-state index in [9.17, 15) is 18.0 Å². The molecule has 198 valence electrons. The molecule has 1 fully saturated rings. The highest BCUT2D eigenvalue weighted by molar-refractivity contribution is 7.92. The van der Waals surface area contributed by atoms with E-state index in [0.717, 1.165) is 49.1 Å². The highest BCUT2D eigenvalue weighted by Crippen LogP contribution is 2.27. The van der Waals surface area contributed by atoms with E-state index in [-0.39, 0.29) is 29.4 Å². The number of ether oxygens (including phenoxy) is 1. The Morgan fingerprint density at radius 2 is 1.89 bits per heavy atom. The van der Waals surface area contributed by atoms with Crippen molar-refractivity contribution in [1.29, 1.82) is 0 Å². The van der Waals surface area contributed by atoms with Gasteiger partial charge in [-0.05, 0) is 36.6 Å². The van der Waals surface area contributed by atoms with Crippen molar-refractivity contribution in [3.8, 4) is 11.1 Å². The maximum atomic E-state index is 15.1. The number of amides is 1. The van der Waals surface area contributed by atoms with Crippen LogP contribution in [0.4, 0.5) is 4.39 Å². The first-order valence-corrected chi connectivity index (χ1v) is 13.5. The smallest absolute Gasteiger partial charge is 0.277 e. The summed E-state index contributed by atoms with van der Waals surface area (Å²) in [5, 5.41) is 16.8. The quantitative estimate of drug-likeness (QED) is 0.322. The van der Waals surface area contributed by atoms with Crippen LogP contribution in [0.25, 0.3) is 22.0 Å². The number of rotatable bonds is 8. The van der Waals surface area contributed by atoms with E-state index >= 15 is 4.39 Å². The fourth-order valence-corrected chi connectivity index (χ4v) is 5.02. The monoisotopic (exact) mass is 533 g/mol. The summed E-state index contributed by atoms with van der Waals surface area (Å²) in [6, 6.07) is 10.0. The standard InChI is InChI=1S/C24H28FN5O6S/c1-24(23(32)27-33,37(2,34)35)7-8-30-22(31)19-13-20(25)18(14-21(19)26-28-30)17-5-3-16(4-6-17)15-29-9-11-36-12-10-29/h3-6,13-14,33H,7-12,15H2,1-2H3,(H,27,32). The number of nitrogens with zero attached hydrogens (tertiary/aromatic N) is 4. The second-order valence-corrected chi connectivity index (χ2v) is 11.7. The Kier molecular flexibility index (Phi) is 7.69. The summed E-state index contributed by atoms with van der Waals surface area (Å²) < 4.78 is 43.6. The Bertz CT molecular complexity index is 1470. The van der Waals surface area contributed by atoms with Crippen molar-refractivity contribution < 1.29 is 27.5 Å². The Morgan fingerprint density at radius 1 is 1.22 bits per heavy atom. The molecular formula is C24H28FN5O6S. The molecule has 37 heavy (non-hydrogen) atoms. The van der Waals surface area contributed by atoms with Crippen LogP contribution in [0, 0.1) is 5.82 Å². The van der Waals surface area contributed by atoms with Crippen LogP contribution >= 0.6 is 0 Å². The van der Waals surface area contributed by atoms with Gasteiger partial charge in [-0.2, -0.15) is 0 Å². The molecule has 1 atom stereocenters. The number of aromatic nitrogens is 3. The highest BCUT2D eigenvalue weighted by atomic mass is 32.2. The summed E-state index contributed by atoms with van der Waals surface area (Å²) in [4.78, 5) is 27.2. The first kappa shape index (κ1) is 26.8. The van der Waals surface area contributed by atoms with Crippen molar-refractivity contribution in [3.63, 3.8) is 0 Å². The number of hydroxylamine groups is 1. The van der Waals surface area contributed by atoms with Gasteiger partial charge in [-0.15, -0.1) is 5.10 Å². The van der Waals surface area contributed by atoms with Crippen LogP contribution in [0.15, 0.2) is 41.2 Å². The third-order valence-electron chi connectivity index (χ3n) is 6.79. The molecule has 0 bridgehead atoms. The average molecular weight is 534 g/mol. The minimum Gasteiger partial charge on any atom is -0.379 e. The number of aryl methyl sites for hydroxylation is 1. The van der Waals surface area contributed by atoms with E-state index in [0.29, 0.717) is 18.8 Å². The molecule has 2 aromatic carbocycles. The summed E-state index contributed by atoms with van der Waals surface area (Å²) in [7, 11) is -3.96. The lowest BCUT2D eigenvalue weighted by Gasteiger charge is -2.26. The van der Waals surface area contributed by atoms with Crippen LogP contribution in [0.2, 0.25) is 0 Å². The second kappa shape index (κ2) is 10.6. The molecule has 3 aromatic rings. The van der Waals surface area contributed by atoms with Crippen molar-refractivity contribution >= 4 is 26.6 Å². The molecule has 2 heterocycles. The molecule has 1 aromatic heterocycles. The predicted molar refractivity (Wildman–Crippen MR) is 133 cm³/mol. The average Bonchev–Trinajstić information content (AvgIpc) is 2.88. The van der Waals surface area contributed by atoms with Gasteiger partial charge < -0.3 is 4.74 Å². The van der Waals surface area contributed by atoms with E-state index in [1.165, 1.54) is 11.5 Å². The molecule has 1 amide bonds. The number of hydrogen-bond acceptors (Lipinski definition) is 9. The van der Waals surface area contributed by atoms with Gasteiger partial charge in [0, 0.05) is 38.0 Å². The molecule has 0 saturated carbocycles. The molecular weight excluding hydrogens is 505 g/mol. The summed E-state index contributed by atoms with van der Waals surface area (Å²) in [6.45, 7) is 4.74. The first-order chi connectivity index (χ1) is 17.5. The van der Waals surface area contributed by atoms with Crippen LogP contribution in [0.5, 0.6) is 0 Å². The van der Waals surface area contributed by atoms with Crippen LogP contribution in [-0.4, -0.2) is 76.7 Å². The lowest BCUT2D eigenvalue weighted by Crippen LogP contribution is -2.50. The van der Waals surface area contributed by atoms with E-state index in [4.69, 9.17) is 9.94 Å². The molecule has 1 aliphatic heterocycles. The molecule has 2 N–H and O–H groups in total. The third-order valence-corrected chi connectivity index (χ3v) is 8.81. The molecule has 0 aliphatic carbocycles.